The number of thiocarbonyl (C=S) groups is 1. The van der Waals surface area contributed by atoms with Crippen LogP contribution in [0.1, 0.15) is 38.3 Å². The standard InChI is InChI=1S/C19H19NO2S2/c1-12-4-7-14(8-5-12)17(21)11-18(22)15-10-13(2)6-9-16(15)20-19(23)24-3/h4-10H,11H2,1-3H3,(H,20,23). The summed E-state index contributed by atoms with van der Waals surface area (Å²) in [4.78, 5) is 25.0. The summed E-state index contributed by atoms with van der Waals surface area (Å²) in [6.45, 7) is 3.87. The molecule has 5 heteroatoms. The number of carbonyl (C=O) groups excluding carboxylic acids is 2. The number of aryl methyl sites for hydroxylation is 2. The predicted molar refractivity (Wildman–Crippen MR) is 105 cm³/mol. The van der Waals surface area contributed by atoms with Crippen LogP contribution in [0.5, 0.6) is 0 Å². The van der Waals surface area contributed by atoms with E-state index >= 15 is 0 Å². The number of rotatable bonds is 5. The van der Waals surface area contributed by atoms with E-state index in [1.807, 2.05) is 44.4 Å². The molecule has 0 aliphatic carbocycles. The van der Waals surface area contributed by atoms with E-state index in [1.165, 1.54) is 11.8 Å². The Morgan fingerprint density at radius 2 is 1.62 bits per heavy atom. The van der Waals surface area contributed by atoms with Gasteiger partial charge in [-0.15, -0.1) is 11.8 Å². The number of benzene rings is 2. The Morgan fingerprint density at radius 3 is 2.25 bits per heavy atom. The van der Waals surface area contributed by atoms with Crippen molar-refractivity contribution in [1.82, 2.24) is 0 Å². The van der Waals surface area contributed by atoms with Gasteiger partial charge in [-0.05, 0) is 32.2 Å². The molecule has 0 heterocycles. The van der Waals surface area contributed by atoms with Gasteiger partial charge in [0.2, 0.25) is 0 Å². The van der Waals surface area contributed by atoms with Crippen molar-refractivity contribution in [2.24, 2.45) is 0 Å². The van der Waals surface area contributed by atoms with Crippen molar-refractivity contribution in [3.63, 3.8) is 0 Å². The molecule has 0 bridgehead atoms. The lowest BCUT2D eigenvalue weighted by Gasteiger charge is -2.12. The van der Waals surface area contributed by atoms with Gasteiger partial charge in [-0.2, -0.15) is 0 Å². The van der Waals surface area contributed by atoms with Gasteiger partial charge in [0.15, 0.2) is 11.6 Å². The predicted octanol–water partition coefficient (Wildman–Crippen LogP) is 4.82. The van der Waals surface area contributed by atoms with Gasteiger partial charge in [0.05, 0.1) is 12.1 Å². The Bertz CT molecular complexity index is 782. The topological polar surface area (TPSA) is 46.2 Å². The smallest absolute Gasteiger partial charge is 0.172 e. The third-order valence-corrected chi connectivity index (χ3v) is 4.67. The van der Waals surface area contributed by atoms with E-state index < -0.39 is 0 Å². The fourth-order valence-electron chi connectivity index (χ4n) is 2.24. The fraction of sp³-hybridized carbons (Fsp3) is 0.211. The largest absolute Gasteiger partial charge is 0.341 e. The van der Waals surface area contributed by atoms with E-state index in [1.54, 1.807) is 18.2 Å². The maximum atomic E-state index is 12.6. The lowest BCUT2D eigenvalue weighted by Crippen LogP contribution is -2.13. The minimum atomic E-state index is -0.212. The highest BCUT2D eigenvalue weighted by Crippen LogP contribution is 2.21. The minimum Gasteiger partial charge on any atom is -0.341 e. The molecule has 3 nitrogen and oxygen atoms in total. The van der Waals surface area contributed by atoms with E-state index in [2.05, 4.69) is 5.32 Å². The second-order valence-electron chi connectivity index (χ2n) is 5.55. The Hall–Kier alpha value is -1.98. The van der Waals surface area contributed by atoms with Crippen LogP contribution < -0.4 is 5.32 Å². The highest BCUT2D eigenvalue weighted by Gasteiger charge is 2.17. The van der Waals surface area contributed by atoms with Crippen LogP contribution in [0.25, 0.3) is 0 Å². The van der Waals surface area contributed by atoms with Gasteiger partial charge in [-0.3, -0.25) is 9.59 Å². The lowest BCUT2D eigenvalue weighted by atomic mass is 9.98. The van der Waals surface area contributed by atoms with E-state index in [0.717, 1.165) is 11.1 Å². The molecule has 0 aliphatic rings. The molecule has 0 aromatic heterocycles. The molecule has 0 unspecified atom stereocenters. The monoisotopic (exact) mass is 357 g/mol. The number of Topliss-reactive ketones (excluding diaryl/α,β-unsaturated/α-hetero) is 2. The zero-order chi connectivity index (χ0) is 17.7. The molecular weight excluding hydrogens is 338 g/mol. The van der Waals surface area contributed by atoms with E-state index in [-0.39, 0.29) is 18.0 Å². The van der Waals surface area contributed by atoms with E-state index in [0.29, 0.717) is 21.1 Å². The number of thioether (sulfide) groups is 1. The van der Waals surface area contributed by atoms with Crippen LogP contribution in [0.3, 0.4) is 0 Å². The van der Waals surface area contributed by atoms with Crippen molar-refractivity contribution in [3.05, 3.63) is 64.7 Å². The first kappa shape index (κ1) is 18.4. The van der Waals surface area contributed by atoms with Crippen LogP contribution in [0.15, 0.2) is 42.5 Å². The molecule has 0 saturated carbocycles. The average molecular weight is 358 g/mol. The van der Waals surface area contributed by atoms with Gasteiger partial charge in [0, 0.05) is 11.1 Å². The molecule has 24 heavy (non-hydrogen) atoms. The molecule has 1 N–H and O–H groups in total. The molecule has 0 spiro atoms. The summed E-state index contributed by atoms with van der Waals surface area (Å²) in [5.74, 6) is -0.393. The van der Waals surface area contributed by atoms with Crippen molar-refractivity contribution < 1.29 is 9.59 Å². The lowest BCUT2D eigenvalue weighted by molar-refractivity contribution is 0.0894. The van der Waals surface area contributed by atoms with Crippen molar-refractivity contribution >= 4 is 45.6 Å². The first-order valence-electron chi connectivity index (χ1n) is 7.49. The molecular formula is C19H19NO2S2. The molecule has 124 valence electrons. The highest BCUT2D eigenvalue weighted by atomic mass is 32.2. The van der Waals surface area contributed by atoms with E-state index in [9.17, 15) is 9.59 Å². The maximum absolute atomic E-state index is 12.6. The average Bonchev–Trinajstić information content (AvgIpc) is 2.56. The summed E-state index contributed by atoms with van der Waals surface area (Å²) >= 11 is 6.56. The maximum Gasteiger partial charge on any atom is 0.172 e. The van der Waals surface area contributed by atoms with E-state index in [4.69, 9.17) is 12.2 Å². The molecule has 0 fully saturated rings. The second kappa shape index (κ2) is 8.22. The Balaban J connectivity index is 2.22. The summed E-state index contributed by atoms with van der Waals surface area (Å²) in [7, 11) is 0. The van der Waals surface area contributed by atoms with Crippen molar-refractivity contribution in [2.45, 2.75) is 20.3 Å². The Labute approximate surface area is 151 Å². The van der Waals surface area contributed by atoms with Crippen molar-refractivity contribution in [1.29, 1.82) is 0 Å². The van der Waals surface area contributed by atoms with Gasteiger partial charge in [0.1, 0.15) is 4.32 Å². The summed E-state index contributed by atoms with van der Waals surface area (Å²) < 4.78 is 0.581. The fourth-order valence-corrected chi connectivity index (χ4v) is 2.56. The zero-order valence-electron chi connectivity index (χ0n) is 13.9. The first-order valence-corrected chi connectivity index (χ1v) is 9.12. The van der Waals surface area contributed by atoms with Crippen LogP contribution >= 0.6 is 24.0 Å². The number of nitrogens with one attached hydrogen (secondary N) is 1. The van der Waals surface area contributed by atoms with Crippen molar-refractivity contribution in [2.75, 3.05) is 11.6 Å². The molecule has 0 radical (unpaired) electrons. The summed E-state index contributed by atoms with van der Waals surface area (Å²) in [5.41, 5.74) is 3.72. The molecule has 0 atom stereocenters. The second-order valence-corrected chi connectivity index (χ2v) is 7.04. The van der Waals surface area contributed by atoms with Crippen LogP contribution in [-0.4, -0.2) is 22.1 Å². The number of hydrogen-bond acceptors (Lipinski definition) is 4. The molecule has 2 aromatic carbocycles. The Morgan fingerprint density at radius 1 is 1.00 bits per heavy atom. The molecule has 0 aliphatic heterocycles. The quantitative estimate of drug-likeness (QED) is 0.472. The highest BCUT2D eigenvalue weighted by molar-refractivity contribution is 8.22. The van der Waals surface area contributed by atoms with Gasteiger partial charge >= 0.3 is 0 Å². The molecule has 0 saturated heterocycles. The summed E-state index contributed by atoms with van der Waals surface area (Å²) in [6.07, 6.45) is 1.71. The molecule has 2 rings (SSSR count). The van der Waals surface area contributed by atoms with Crippen molar-refractivity contribution in [3.8, 4) is 0 Å². The van der Waals surface area contributed by atoms with Crippen LogP contribution in [0.2, 0.25) is 0 Å². The SMILES string of the molecule is CSC(=S)Nc1ccc(C)cc1C(=O)CC(=O)c1ccc(C)cc1. The third kappa shape index (κ3) is 4.76. The van der Waals surface area contributed by atoms with Gasteiger partial charge in [-0.1, -0.05) is 53.7 Å². The molecule has 2 aromatic rings. The number of hydrogen-bond donors (Lipinski definition) is 1. The first-order chi connectivity index (χ1) is 11.4. The van der Waals surface area contributed by atoms with Crippen LogP contribution in [0, 0.1) is 13.8 Å². The summed E-state index contributed by atoms with van der Waals surface area (Å²) in [6, 6.07) is 12.8. The molecule has 0 amide bonds. The van der Waals surface area contributed by atoms with Crippen LogP contribution in [0.4, 0.5) is 5.69 Å². The zero-order valence-corrected chi connectivity index (χ0v) is 15.5. The van der Waals surface area contributed by atoms with Gasteiger partial charge in [-0.25, -0.2) is 0 Å². The normalized spacial score (nSPS) is 10.3. The Kier molecular flexibility index (Phi) is 6.29. The number of anilines is 1. The number of carbonyl (C=O) groups is 2. The third-order valence-electron chi connectivity index (χ3n) is 3.59. The van der Waals surface area contributed by atoms with Gasteiger partial charge in [0.25, 0.3) is 0 Å². The van der Waals surface area contributed by atoms with Gasteiger partial charge < -0.3 is 5.32 Å². The number of ketones is 2. The summed E-state index contributed by atoms with van der Waals surface area (Å²) in [5, 5.41) is 3.05. The minimum absolute atomic E-state index is 0.159. The van der Waals surface area contributed by atoms with Crippen LogP contribution in [-0.2, 0) is 0 Å².